The van der Waals surface area contributed by atoms with E-state index in [0.29, 0.717) is 0 Å². The third kappa shape index (κ3) is 3.55. The summed E-state index contributed by atoms with van der Waals surface area (Å²) in [5, 5.41) is 1.13. The molecule has 0 aliphatic carbocycles. The van der Waals surface area contributed by atoms with Gasteiger partial charge in [-0.2, -0.15) is 0 Å². The third-order valence-corrected chi connectivity index (χ3v) is 5.64. The highest BCUT2D eigenvalue weighted by molar-refractivity contribution is 5.93. The van der Waals surface area contributed by atoms with E-state index >= 15 is 0 Å². The number of hydrogen-bond donors (Lipinski definition) is 0. The van der Waals surface area contributed by atoms with Crippen LogP contribution in [0.1, 0.15) is 0 Å². The van der Waals surface area contributed by atoms with Gasteiger partial charge >= 0.3 is 0 Å². The highest BCUT2D eigenvalue weighted by Gasteiger charge is 2.14. The predicted octanol–water partition coefficient (Wildman–Crippen LogP) is 6.21. The number of nitrogens with zero attached hydrogens (tertiary/aromatic N) is 5. The van der Waals surface area contributed by atoms with Gasteiger partial charge in [-0.25, -0.2) is 4.98 Å². The van der Waals surface area contributed by atoms with Crippen molar-refractivity contribution in [3.63, 3.8) is 0 Å². The van der Waals surface area contributed by atoms with Gasteiger partial charge in [0.1, 0.15) is 11.5 Å². The number of pyridine rings is 3. The Bertz CT molecular complexity index is 1530. The molecule has 0 spiro atoms. The van der Waals surface area contributed by atoms with Gasteiger partial charge in [-0.05, 0) is 35.9 Å². The molecule has 0 aliphatic heterocycles. The molecule has 0 aliphatic rings. The number of benzene rings is 2. The summed E-state index contributed by atoms with van der Waals surface area (Å²) < 4.78 is 2.06. The third-order valence-electron chi connectivity index (χ3n) is 5.64. The Labute approximate surface area is 191 Å². The standard InChI is InChI=1S/C28H19N5/c1-2-16-30-25(10-1)26-19-33(23-8-5-15-29-18-23)28(32-26)22-13-11-20(12-14-22)24-9-3-6-21-7-4-17-31-27(21)24/h1-19H. The van der Waals surface area contributed by atoms with E-state index < -0.39 is 0 Å². The molecule has 5 nitrogen and oxygen atoms in total. The van der Waals surface area contributed by atoms with Gasteiger partial charge in [0, 0.05) is 41.3 Å². The Hall–Kier alpha value is -4.64. The summed E-state index contributed by atoms with van der Waals surface area (Å²) in [5.41, 5.74) is 6.85. The zero-order valence-corrected chi connectivity index (χ0v) is 17.7. The van der Waals surface area contributed by atoms with E-state index in [-0.39, 0.29) is 0 Å². The van der Waals surface area contributed by atoms with Gasteiger partial charge in [-0.3, -0.25) is 19.5 Å². The van der Waals surface area contributed by atoms with Crippen LogP contribution in [0.4, 0.5) is 0 Å². The molecule has 0 saturated carbocycles. The monoisotopic (exact) mass is 425 g/mol. The van der Waals surface area contributed by atoms with Crippen LogP contribution < -0.4 is 0 Å². The molecular weight excluding hydrogens is 406 g/mol. The van der Waals surface area contributed by atoms with Crippen LogP contribution in [0.15, 0.2) is 116 Å². The summed E-state index contributed by atoms with van der Waals surface area (Å²) in [5.74, 6) is 0.839. The molecule has 0 bridgehead atoms. The largest absolute Gasteiger partial charge is 0.298 e. The van der Waals surface area contributed by atoms with Gasteiger partial charge in [0.15, 0.2) is 0 Å². The lowest BCUT2D eigenvalue weighted by atomic mass is 10.0. The molecule has 156 valence electrons. The first-order valence-electron chi connectivity index (χ1n) is 10.7. The summed E-state index contributed by atoms with van der Waals surface area (Å²) in [7, 11) is 0. The van der Waals surface area contributed by atoms with E-state index in [1.165, 1.54) is 0 Å². The second kappa shape index (κ2) is 8.13. The fraction of sp³-hybridized carbons (Fsp3) is 0. The van der Waals surface area contributed by atoms with Crippen molar-refractivity contribution < 1.29 is 0 Å². The SMILES string of the molecule is c1ccc(-c2cn(-c3cccnc3)c(-c3ccc(-c4cccc5cccnc45)cc3)n2)nc1. The summed E-state index contributed by atoms with van der Waals surface area (Å²) in [4.78, 5) is 18.3. The Morgan fingerprint density at radius 3 is 2.24 bits per heavy atom. The molecule has 2 aromatic carbocycles. The van der Waals surface area contributed by atoms with Crippen molar-refractivity contribution in [2.45, 2.75) is 0 Å². The molecular formula is C28H19N5. The quantitative estimate of drug-likeness (QED) is 0.337. The Morgan fingerprint density at radius 1 is 0.606 bits per heavy atom. The van der Waals surface area contributed by atoms with E-state index in [9.17, 15) is 0 Å². The second-order valence-electron chi connectivity index (χ2n) is 7.70. The topological polar surface area (TPSA) is 56.5 Å². The highest BCUT2D eigenvalue weighted by Crippen LogP contribution is 2.31. The Morgan fingerprint density at radius 2 is 1.42 bits per heavy atom. The van der Waals surface area contributed by atoms with Crippen molar-refractivity contribution in [1.82, 2.24) is 24.5 Å². The molecule has 6 aromatic rings. The van der Waals surface area contributed by atoms with E-state index in [2.05, 4.69) is 68.0 Å². The maximum atomic E-state index is 4.94. The fourth-order valence-electron chi connectivity index (χ4n) is 4.05. The molecule has 0 radical (unpaired) electrons. The van der Waals surface area contributed by atoms with Crippen LogP contribution in [-0.2, 0) is 0 Å². The number of para-hydroxylation sites is 1. The van der Waals surface area contributed by atoms with Crippen LogP contribution in [-0.4, -0.2) is 24.5 Å². The van der Waals surface area contributed by atoms with Crippen LogP contribution in [0.2, 0.25) is 0 Å². The Balaban J connectivity index is 1.46. The molecule has 0 amide bonds. The lowest BCUT2D eigenvalue weighted by Gasteiger charge is -2.09. The number of rotatable bonds is 4. The van der Waals surface area contributed by atoms with Crippen LogP contribution >= 0.6 is 0 Å². The van der Waals surface area contributed by atoms with Crippen LogP contribution in [0.3, 0.4) is 0 Å². The molecule has 5 heteroatoms. The zero-order valence-electron chi connectivity index (χ0n) is 17.7. The lowest BCUT2D eigenvalue weighted by Crippen LogP contribution is -1.96. The average molecular weight is 425 g/mol. The molecule has 33 heavy (non-hydrogen) atoms. The van der Waals surface area contributed by atoms with Gasteiger partial charge in [0.2, 0.25) is 0 Å². The van der Waals surface area contributed by atoms with Crippen molar-refractivity contribution >= 4 is 10.9 Å². The first-order chi connectivity index (χ1) is 16.4. The maximum Gasteiger partial charge on any atom is 0.145 e. The molecule has 4 heterocycles. The minimum Gasteiger partial charge on any atom is -0.298 e. The van der Waals surface area contributed by atoms with Crippen molar-refractivity contribution in [3.05, 3.63) is 116 Å². The zero-order chi connectivity index (χ0) is 22.0. The molecule has 0 unspecified atom stereocenters. The van der Waals surface area contributed by atoms with Crippen LogP contribution in [0.5, 0.6) is 0 Å². The smallest absolute Gasteiger partial charge is 0.145 e. The van der Waals surface area contributed by atoms with Gasteiger partial charge in [0.25, 0.3) is 0 Å². The average Bonchev–Trinajstić information content (AvgIpc) is 3.35. The minimum absolute atomic E-state index is 0.816. The molecule has 0 atom stereocenters. The summed E-state index contributed by atoms with van der Waals surface area (Å²) in [6.45, 7) is 0. The first-order valence-corrected chi connectivity index (χ1v) is 10.7. The van der Waals surface area contributed by atoms with Crippen LogP contribution in [0.25, 0.3) is 50.5 Å². The van der Waals surface area contributed by atoms with Crippen molar-refractivity contribution in [2.24, 2.45) is 0 Å². The van der Waals surface area contributed by atoms with Gasteiger partial charge in [-0.1, -0.05) is 54.6 Å². The molecule has 0 saturated heterocycles. The van der Waals surface area contributed by atoms with Crippen molar-refractivity contribution in [3.8, 4) is 39.6 Å². The lowest BCUT2D eigenvalue weighted by molar-refractivity contribution is 1.05. The van der Waals surface area contributed by atoms with E-state index in [1.54, 1.807) is 12.4 Å². The van der Waals surface area contributed by atoms with Gasteiger partial charge in [0.05, 0.1) is 23.1 Å². The normalized spacial score (nSPS) is 11.0. The minimum atomic E-state index is 0.816. The van der Waals surface area contributed by atoms with Gasteiger partial charge in [-0.15, -0.1) is 0 Å². The van der Waals surface area contributed by atoms with E-state index in [0.717, 1.165) is 50.5 Å². The molecule has 0 fully saturated rings. The second-order valence-corrected chi connectivity index (χ2v) is 7.70. The summed E-state index contributed by atoms with van der Waals surface area (Å²) >= 11 is 0. The van der Waals surface area contributed by atoms with Crippen molar-refractivity contribution in [1.29, 1.82) is 0 Å². The fourth-order valence-corrected chi connectivity index (χ4v) is 4.05. The summed E-state index contributed by atoms with van der Waals surface area (Å²) in [6, 6.07) is 28.6. The van der Waals surface area contributed by atoms with E-state index in [1.807, 2.05) is 55.0 Å². The number of hydrogen-bond acceptors (Lipinski definition) is 4. The first kappa shape index (κ1) is 19.1. The molecule has 0 N–H and O–H groups in total. The molecule has 4 aromatic heterocycles. The highest BCUT2D eigenvalue weighted by atomic mass is 15.1. The van der Waals surface area contributed by atoms with Crippen molar-refractivity contribution in [2.75, 3.05) is 0 Å². The number of imidazole rings is 1. The number of aromatic nitrogens is 5. The molecule has 6 rings (SSSR count). The summed E-state index contributed by atoms with van der Waals surface area (Å²) in [6.07, 6.45) is 9.24. The van der Waals surface area contributed by atoms with E-state index in [4.69, 9.17) is 4.98 Å². The predicted molar refractivity (Wildman–Crippen MR) is 131 cm³/mol. The van der Waals surface area contributed by atoms with Crippen LogP contribution in [0, 0.1) is 0 Å². The maximum absolute atomic E-state index is 4.94. The van der Waals surface area contributed by atoms with Gasteiger partial charge < -0.3 is 0 Å². The number of fused-ring (bicyclic) bond motifs is 1. The Kier molecular flexibility index (Phi) is 4.70.